The Labute approximate surface area is 150 Å². The summed E-state index contributed by atoms with van der Waals surface area (Å²) in [5.41, 5.74) is 2.54. The first kappa shape index (κ1) is 17.2. The van der Waals surface area contributed by atoms with Gasteiger partial charge in [0.25, 0.3) is 5.91 Å². The van der Waals surface area contributed by atoms with Gasteiger partial charge in [0.05, 0.1) is 24.7 Å². The fraction of sp³-hybridized carbons (Fsp3) is 0.105. The fourth-order valence-electron chi connectivity index (χ4n) is 2.32. The Morgan fingerprint density at radius 2 is 1.88 bits per heavy atom. The lowest BCUT2D eigenvalue weighted by Crippen LogP contribution is -2.23. The summed E-state index contributed by atoms with van der Waals surface area (Å²) < 4.78 is 5.17. The van der Waals surface area contributed by atoms with E-state index in [1.807, 2.05) is 18.2 Å². The van der Waals surface area contributed by atoms with E-state index in [4.69, 9.17) is 4.42 Å². The van der Waals surface area contributed by atoms with Crippen LogP contribution < -0.4 is 16.0 Å². The minimum absolute atomic E-state index is 0.131. The second-order valence-corrected chi connectivity index (χ2v) is 5.58. The van der Waals surface area contributed by atoms with Crippen LogP contribution in [0.15, 0.2) is 65.4 Å². The lowest BCUT2D eigenvalue weighted by atomic mass is 10.2. The van der Waals surface area contributed by atoms with E-state index in [2.05, 4.69) is 20.9 Å². The summed E-state index contributed by atoms with van der Waals surface area (Å²) in [5, 5.41) is 8.64. The van der Waals surface area contributed by atoms with Crippen molar-refractivity contribution in [3.63, 3.8) is 0 Å². The molecule has 2 heterocycles. The number of carbonyl (C=O) groups is 2. The molecular formula is C19H18N4O3. The van der Waals surface area contributed by atoms with E-state index >= 15 is 0 Å². The molecule has 0 aliphatic heterocycles. The van der Waals surface area contributed by atoms with Crippen LogP contribution in [0.25, 0.3) is 0 Å². The molecule has 26 heavy (non-hydrogen) atoms. The van der Waals surface area contributed by atoms with Crippen LogP contribution in [0, 0.1) is 0 Å². The number of nitrogens with one attached hydrogen (secondary N) is 3. The molecule has 0 radical (unpaired) electrons. The summed E-state index contributed by atoms with van der Waals surface area (Å²) in [6.45, 7) is 1.77. The van der Waals surface area contributed by atoms with Gasteiger partial charge >= 0.3 is 0 Å². The normalized spacial score (nSPS) is 10.2. The topological polar surface area (TPSA) is 96.3 Å². The van der Waals surface area contributed by atoms with Crippen LogP contribution >= 0.6 is 0 Å². The van der Waals surface area contributed by atoms with Crippen LogP contribution in [-0.2, 0) is 11.3 Å². The van der Waals surface area contributed by atoms with E-state index in [-0.39, 0.29) is 11.8 Å². The van der Waals surface area contributed by atoms with Crippen molar-refractivity contribution in [3.8, 4) is 0 Å². The van der Waals surface area contributed by atoms with Crippen molar-refractivity contribution in [1.82, 2.24) is 10.3 Å². The Morgan fingerprint density at radius 3 is 2.58 bits per heavy atom. The van der Waals surface area contributed by atoms with E-state index in [1.165, 1.54) is 6.92 Å². The lowest BCUT2D eigenvalue weighted by Gasteiger charge is -2.09. The van der Waals surface area contributed by atoms with Gasteiger partial charge < -0.3 is 20.4 Å². The Kier molecular flexibility index (Phi) is 5.28. The molecule has 0 unspecified atom stereocenters. The van der Waals surface area contributed by atoms with Gasteiger partial charge in [-0.05, 0) is 42.5 Å². The van der Waals surface area contributed by atoms with E-state index in [0.717, 1.165) is 11.4 Å². The van der Waals surface area contributed by atoms with Gasteiger partial charge in [-0.15, -0.1) is 0 Å². The molecule has 0 saturated carbocycles. The first-order valence-corrected chi connectivity index (χ1v) is 8.01. The van der Waals surface area contributed by atoms with Gasteiger partial charge in [-0.2, -0.15) is 0 Å². The third-order valence-electron chi connectivity index (χ3n) is 3.47. The van der Waals surface area contributed by atoms with Gasteiger partial charge in [0.15, 0.2) is 0 Å². The zero-order valence-corrected chi connectivity index (χ0v) is 14.2. The summed E-state index contributed by atoms with van der Waals surface area (Å²) in [4.78, 5) is 27.4. The Morgan fingerprint density at radius 1 is 1.04 bits per heavy atom. The molecule has 2 amide bonds. The molecule has 1 aromatic carbocycles. The predicted molar refractivity (Wildman–Crippen MR) is 98.1 cm³/mol. The summed E-state index contributed by atoms with van der Waals surface area (Å²) in [5.74, 6) is 0.269. The highest BCUT2D eigenvalue weighted by Gasteiger charge is 2.08. The molecule has 0 aliphatic carbocycles. The van der Waals surface area contributed by atoms with Crippen LogP contribution in [0.5, 0.6) is 0 Å². The molecule has 0 atom stereocenters. The first-order chi connectivity index (χ1) is 12.6. The molecule has 132 valence electrons. The van der Waals surface area contributed by atoms with E-state index in [1.54, 1.807) is 42.8 Å². The number of rotatable bonds is 6. The smallest absolute Gasteiger partial charge is 0.270 e. The number of hydrogen-bond donors (Lipinski definition) is 3. The van der Waals surface area contributed by atoms with Gasteiger partial charge in [-0.25, -0.2) is 4.98 Å². The summed E-state index contributed by atoms with van der Waals surface area (Å²) in [6, 6.07) is 14.3. The number of amides is 2. The van der Waals surface area contributed by atoms with E-state index in [0.29, 0.717) is 23.7 Å². The van der Waals surface area contributed by atoms with Crippen molar-refractivity contribution in [1.29, 1.82) is 0 Å². The van der Waals surface area contributed by atoms with Crippen molar-refractivity contribution in [3.05, 3.63) is 72.4 Å². The molecule has 7 heteroatoms. The molecule has 0 bridgehead atoms. The van der Waals surface area contributed by atoms with Crippen molar-refractivity contribution in [2.24, 2.45) is 0 Å². The third kappa shape index (κ3) is 4.70. The number of carbonyl (C=O) groups excluding carboxylic acids is 2. The largest absolute Gasteiger partial charge is 0.467 e. The predicted octanol–water partition coefficient (Wildman–Crippen LogP) is 3.31. The van der Waals surface area contributed by atoms with Gasteiger partial charge in [0, 0.05) is 18.3 Å². The second-order valence-electron chi connectivity index (χ2n) is 5.58. The summed E-state index contributed by atoms with van der Waals surface area (Å²) >= 11 is 0. The van der Waals surface area contributed by atoms with Gasteiger partial charge in [0.1, 0.15) is 11.5 Å². The quantitative estimate of drug-likeness (QED) is 0.634. The zero-order chi connectivity index (χ0) is 18.4. The number of hydrogen-bond acceptors (Lipinski definition) is 5. The number of aromatic nitrogens is 1. The summed E-state index contributed by atoms with van der Waals surface area (Å²) in [7, 11) is 0. The third-order valence-corrected chi connectivity index (χ3v) is 3.47. The number of pyridine rings is 1. The second kappa shape index (κ2) is 7.98. The number of furan rings is 1. The van der Waals surface area contributed by atoms with Gasteiger partial charge in [0.2, 0.25) is 5.91 Å². The standard InChI is InChI=1S/C19H18N4O3/c1-13(24)22-14-4-2-5-15(10-14)23-16-7-8-18(20-11-16)19(25)21-12-17-6-3-9-26-17/h2-11,23H,12H2,1H3,(H,21,25)(H,22,24). The molecule has 3 aromatic rings. The van der Waals surface area contributed by atoms with Gasteiger partial charge in [-0.1, -0.05) is 6.07 Å². The molecule has 0 fully saturated rings. The molecule has 0 saturated heterocycles. The zero-order valence-electron chi connectivity index (χ0n) is 14.2. The number of anilines is 3. The van der Waals surface area contributed by atoms with Crippen molar-refractivity contribution in [2.45, 2.75) is 13.5 Å². The average molecular weight is 350 g/mol. The Bertz CT molecular complexity index is 889. The molecule has 0 aliphatic rings. The maximum absolute atomic E-state index is 12.1. The minimum atomic E-state index is -0.277. The highest BCUT2D eigenvalue weighted by atomic mass is 16.3. The average Bonchev–Trinajstić information content (AvgIpc) is 3.14. The summed E-state index contributed by atoms with van der Waals surface area (Å²) in [6.07, 6.45) is 3.13. The molecule has 2 aromatic heterocycles. The van der Waals surface area contributed by atoms with Crippen molar-refractivity contribution in [2.75, 3.05) is 10.6 Å². The van der Waals surface area contributed by atoms with Gasteiger partial charge in [-0.3, -0.25) is 9.59 Å². The van der Waals surface area contributed by atoms with Crippen LogP contribution in [0.3, 0.4) is 0 Å². The highest BCUT2D eigenvalue weighted by molar-refractivity contribution is 5.92. The number of nitrogens with zero attached hydrogens (tertiary/aromatic N) is 1. The van der Waals surface area contributed by atoms with Crippen molar-refractivity contribution < 1.29 is 14.0 Å². The monoisotopic (exact) mass is 350 g/mol. The Balaban J connectivity index is 1.60. The molecule has 3 N–H and O–H groups in total. The maximum atomic E-state index is 12.1. The number of benzene rings is 1. The van der Waals surface area contributed by atoms with Crippen LogP contribution in [0.4, 0.5) is 17.1 Å². The van der Waals surface area contributed by atoms with E-state index in [9.17, 15) is 9.59 Å². The molecule has 3 rings (SSSR count). The highest BCUT2D eigenvalue weighted by Crippen LogP contribution is 2.19. The fourth-order valence-corrected chi connectivity index (χ4v) is 2.32. The van der Waals surface area contributed by atoms with E-state index < -0.39 is 0 Å². The molecule has 0 spiro atoms. The SMILES string of the molecule is CC(=O)Nc1cccc(Nc2ccc(C(=O)NCc3ccco3)nc2)c1. The van der Waals surface area contributed by atoms with Crippen LogP contribution in [-0.4, -0.2) is 16.8 Å². The first-order valence-electron chi connectivity index (χ1n) is 8.01. The molecular weight excluding hydrogens is 332 g/mol. The van der Waals surface area contributed by atoms with Crippen LogP contribution in [0.2, 0.25) is 0 Å². The molecule has 7 nitrogen and oxygen atoms in total. The minimum Gasteiger partial charge on any atom is -0.467 e. The van der Waals surface area contributed by atoms with Crippen LogP contribution in [0.1, 0.15) is 23.2 Å². The lowest BCUT2D eigenvalue weighted by molar-refractivity contribution is -0.114. The van der Waals surface area contributed by atoms with Crippen molar-refractivity contribution >= 4 is 28.9 Å². The Hall–Kier alpha value is -3.61. The maximum Gasteiger partial charge on any atom is 0.270 e.